The molecule has 0 aliphatic rings. The van der Waals surface area contributed by atoms with Crippen LogP contribution in [0.25, 0.3) is 0 Å². The molecule has 2 aromatic rings. The van der Waals surface area contributed by atoms with Crippen molar-refractivity contribution in [2.24, 2.45) is 0 Å². The van der Waals surface area contributed by atoms with Crippen LogP contribution < -0.4 is 0 Å². The van der Waals surface area contributed by atoms with Gasteiger partial charge in [-0.25, -0.2) is 8.78 Å². The van der Waals surface area contributed by atoms with E-state index in [4.69, 9.17) is 0 Å². The van der Waals surface area contributed by atoms with Gasteiger partial charge in [-0.1, -0.05) is 6.07 Å². The molecule has 1 heterocycles. The topological polar surface area (TPSA) is 20.2 Å². The lowest BCUT2D eigenvalue weighted by Crippen LogP contribution is -2.04. The molecule has 2 rings (SSSR count). The lowest BCUT2D eigenvalue weighted by Gasteiger charge is -2.11. The SMILES string of the molecule is OC(c1ccsc1)c1c(F)cccc1F. The Kier molecular flexibility index (Phi) is 2.79. The molecule has 1 atom stereocenters. The molecule has 15 heavy (non-hydrogen) atoms. The molecule has 0 spiro atoms. The number of rotatable bonds is 2. The van der Waals surface area contributed by atoms with Crippen LogP contribution in [0, 0.1) is 11.6 Å². The van der Waals surface area contributed by atoms with Crippen LogP contribution in [0.3, 0.4) is 0 Å². The van der Waals surface area contributed by atoms with E-state index in [0.717, 1.165) is 12.1 Å². The van der Waals surface area contributed by atoms with Crippen molar-refractivity contribution in [1.29, 1.82) is 0 Å². The summed E-state index contributed by atoms with van der Waals surface area (Å²) in [5, 5.41) is 13.2. The van der Waals surface area contributed by atoms with Gasteiger partial charge in [0.2, 0.25) is 0 Å². The van der Waals surface area contributed by atoms with Crippen LogP contribution in [0.1, 0.15) is 17.2 Å². The largest absolute Gasteiger partial charge is 0.383 e. The zero-order valence-electron chi connectivity index (χ0n) is 7.65. The third-order valence-corrected chi connectivity index (χ3v) is 2.83. The fourth-order valence-electron chi connectivity index (χ4n) is 1.37. The Morgan fingerprint density at radius 2 is 1.80 bits per heavy atom. The van der Waals surface area contributed by atoms with Gasteiger partial charge in [-0.05, 0) is 34.5 Å². The van der Waals surface area contributed by atoms with Crippen molar-refractivity contribution in [2.75, 3.05) is 0 Å². The van der Waals surface area contributed by atoms with E-state index < -0.39 is 17.7 Å². The van der Waals surface area contributed by atoms with Gasteiger partial charge >= 0.3 is 0 Å². The van der Waals surface area contributed by atoms with E-state index in [1.165, 1.54) is 17.4 Å². The predicted molar refractivity (Wildman–Crippen MR) is 54.7 cm³/mol. The van der Waals surface area contributed by atoms with E-state index in [-0.39, 0.29) is 5.56 Å². The summed E-state index contributed by atoms with van der Waals surface area (Å²) in [7, 11) is 0. The summed E-state index contributed by atoms with van der Waals surface area (Å²) in [6.07, 6.45) is -1.24. The number of thiophene rings is 1. The second-order valence-electron chi connectivity index (χ2n) is 3.09. The van der Waals surface area contributed by atoms with Crippen LogP contribution in [0.4, 0.5) is 8.78 Å². The molecule has 1 aromatic heterocycles. The van der Waals surface area contributed by atoms with Crippen LogP contribution >= 0.6 is 11.3 Å². The van der Waals surface area contributed by atoms with Crippen LogP contribution in [0.5, 0.6) is 0 Å². The minimum absolute atomic E-state index is 0.295. The van der Waals surface area contributed by atoms with E-state index in [2.05, 4.69) is 0 Å². The number of hydrogen-bond donors (Lipinski definition) is 1. The maximum absolute atomic E-state index is 13.3. The van der Waals surface area contributed by atoms with Crippen molar-refractivity contribution in [1.82, 2.24) is 0 Å². The van der Waals surface area contributed by atoms with Gasteiger partial charge in [0.1, 0.15) is 17.7 Å². The molecule has 1 aromatic carbocycles. The lowest BCUT2D eigenvalue weighted by molar-refractivity contribution is 0.209. The minimum atomic E-state index is -1.24. The quantitative estimate of drug-likeness (QED) is 0.834. The van der Waals surface area contributed by atoms with Gasteiger partial charge in [-0.2, -0.15) is 11.3 Å². The van der Waals surface area contributed by atoms with E-state index in [1.54, 1.807) is 16.8 Å². The molecule has 1 unspecified atom stereocenters. The Labute approximate surface area is 89.6 Å². The Morgan fingerprint density at radius 3 is 2.33 bits per heavy atom. The molecule has 0 aliphatic carbocycles. The first-order chi connectivity index (χ1) is 7.20. The summed E-state index contributed by atoms with van der Waals surface area (Å²) in [6, 6.07) is 5.18. The van der Waals surface area contributed by atoms with Crippen molar-refractivity contribution < 1.29 is 13.9 Å². The van der Waals surface area contributed by atoms with Crippen molar-refractivity contribution in [3.63, 3.8) is 0 Å². The number of aliphatic hydroxyl groups excluding tert-OH is 1. The van der Waals surface area contributed by atoms with Gasteiger partial charge in [0.25, 0.3) is 0 Å². The molecule has 0 fully saturated rings. The Balaban J connectivity index is 2.46. The molecule has 0 bridgehead atoms. The molecule has 4 heteroatoms. The Hall–Kier alpha value is -1.26. The van der Waals surface area contributed by atoms with Crippen LogP contribution in [0.2, 0.25) is 0 Å². The zero-order valence-corrected chi connectivity index (χ0v) is 8.47. The van der Waals surface area contributed by atoms with Crippen molar-refractivity contribution in [3.05, 3.63) is 57.8 Å². The zero-order chi connectivity index (χ0) is 10.8. The highest BCUT2D eigenvalue weighted by molar-refractivity contribution is 7.07. The summed E-state index contributed by atoms with van der Waals surface area (Å²) < 4.78 is 26.6. The van der Waals surface area contributed by atoms with Gasteiger partial charge in [-0.3, -0.25) is 0 Å². The van der Waals surface area contributed by atoms with Crippen molar-refractivity contribution in [2.45, 2.75) is 6.10 Å². The van der Waals surface area contributed by atoms with Crippen LogP contribution in [-0.4, -0.2) is 5.11 Å². The van der Waals surface area contributed by atoms with Gasteiger partial charge in [0.05, 0.1) is 5.56 Å². The number of aliphatic hydroxyl groups is 1. The molecular formula is C11H8F2OS. The number of benzene rings is 1. The molecule has 0 saturated carbocycles. The molecule has 0 saturated heterocycles. The summed E-state index contributed by atoms with van der Waals surface area (Å²) in [6.45, 7) is 0. The van der Waals surface area contributed by atoms with Gasteiger partial charge < -0.3 is 5.11 Å². The van der Waals surface area contributed by atoms with Crippen LogP contribution in [0.15, 0.2) is 35.0 Å². The highest BCUT2D eigenvalue weighted by Crippen LogP contribution is 2.27. The third kappa shape index (κ3) is 1.91. The molecule has 78 valence electrons. The molecular weight excluding hydrogens is 218 g/mol. The monoisotopic (exact) mass is 226 g/mol. The summed E-state index contributed by atoms with van der Waals surface area (Å²) in [5.74, 6) is -1.46. The first-order valence-corrected chi connectivity index (χ1v) is 5.28. The average molecular weight is 226 g/mol. The standard InChI is InChI=1S/C11H8F2OS/c12-8-2-1-3-9(13)10(8)11(14)7-4-5-15-6-7/h1-6,11,14H. The lowest BCUT2D eigenvalue weighted by atomic mass is 10.0. The third-order valence-electron chi connectivity index (χ3n) is 2.13. The maximum atomic E-state index is 13.3. The minimum Gasteiger partial charge on any atom is -0.383 e. The predicted octanol–water partition coefficient (Wildman–Crippen LogP) is 3.11. The van der Waals surface area contributed by atoms with Gasteiger partial charge in [0.15, 0.2) is 0 Å². The van der Waals surface area contributed by atoms with Crippen LogP contribution in [-0.2, 0) is 0 Å². The Morgan fingerprint density at radius 1 is 1.13 bits per heavy atom. The van der Waals surface area contributed by atoms with Crippen molar-refractivity contribution in [3.8, 4) is 0 Å². The molecule has 0 amide bonds. The highest BCUT2D eigenvalue weighted by atomic mass is 32.1. The van der Waals surface area contributed by atoms with E-state index in [1.807, 2.05) is 0 Å². The maximum Gasteiger partial charge on any atom is 0.132 e. The normalized spacial score (nSPS) is 12.7. The summed E-state index contributed by atoms with van der Waals surface area (Å²) >= 11 is 1.37. The van der Waals surface area contributed by atoms with Crippen molar-refractivity contribution >= 4 is 11.3 Å². The van der Waals surface area contributed by atoms with E-state index in [9.17, 15) is 13.9 Å². The first kappa shape index (κ1) is 10.3. The molecule has 0 radical (unpaired) electrons. The smallest absolute Gasteiger partial charge is 0.132 e. The summed E-state index contributed by atoms with van der Waals surface area (Å²) in [4.78, 5) is 0. The van der Waals surface area contributed by atoms with Gasteiger partial charge in [0, 0.05) is 0 Å². The Bertz CT molecular complexity index is 433. The van der Waals surface area contributed by atoms with E-state index >= 15 is 0 Å². The fourth-order valence-corrected chi connectivity index (χ4v) is 2.05. The number of hydrogen-bond acceptors (Lipinski definition) is 2. The number of halogens is 2. The van der Waals surface area contributed by atoms with E-state index in [0.29, 0.717) is 5.56 Å². The summed E-state index contributed by atoms with van der Waals surface area (Å²) in [5.41, 5.74) is 0.208. The molecule has 1 nitrogen and oxygen atoms in total. The second-order valence-corrected chi connectivity index (χ2v) is 3.87. The molecule has 1 N–H and O–H groups in total. The average Bonchev–Trinajstić information content (AvgIpc) is 2.69. The fraction of sp³-hybridized carbons (Fsp3) is 0.0909. The molecule has 0 aliphatic heterocycles. The second kappa shape index (κ2) is 4.08. The first-order valence-electron chi connectivity index (χ1n) is 4.34. The highest BCUT2D eigenvalue weighted by Gasteiger charge is 2.19. The van der Waals surface area contributed by atoms with Gasteiger partial charge in [-0.15, -0.1) is 0 Å².